The van der Waals surface area contributed by atoms with Crippen LogP contribution in [0.5, 0.6) is 0 Å². The van der Waals surface area contributed by atoms with Crippen LogP contribution in [-0.2, 0) is 36.7 Å². The molecule has 1 saturated carbocycles. The van der Waals surface area contributed by atoms with Crippen molar-refractivity contribution in [3.8, 4) is 0 Å². The first-order valence-corrected chi connectivity index (χ1v) is 17.3. The van der Waals surface area contributed by atoms with Gasteiger partial charge in [-0.15, -0.1) is 0 Å². The zero-order valence-electron chi connectivity index (χ0n) is 26.5. The van der Waals surface area contributed by atoms with Crippen molar-refractivity contribution in [3.05, 3.63) is 71.8 Å². The van der Waals surface area contributed by atoms with Gasteiger partial charge in [0.1, 0.15) is 24.5 Å². The lowest BCUT2D eigenvalue weighted by Crippen LogP contribution is -2.57. The van der Waals surface area contributed by atoms with Gasteiger partial charge in [0.15, 0.2) is 0 Å². The van der Waals surface area contributed by atoms with Gasteiger partial charge in [-0.3, -0.25) is 18.9 Å². The molecular weight excluding hydrogens is 595 g/mol. The number of hydrogen-bond donors (Lipinski definition) is 5. The van der Waals surface area contributed by atoms with Crippen molar-refractivity contribution < 1.29 is 33.4 Å². The van der Waals surface area contributed by atoms with E-state index in [4.69, 9.17) is 10.5 Å². The minimum atomic E-state index is -4.28. The van der Waals surface area contributed by atoms with E-state index in [0.717, 1.165) is 11.1 Å². The predicted octanol–water partition coefficient (Wildman–Crippen LogP) is 4.08. The molecule has 4 unspecified atom stereocenters. The van der Waals surface area contributed by atoms with Gasteiger partial charge < -0.3 is 31.3 Å². The van der Waals surface area contributed by atoms with Crippen LogP contribution in [-0.4, -0.2) is 52.2 Å². The highest BCUT2D eigenvalue weighted by atomic mass is 31.2. The molecule has 0 heterocycles. The highest BCUT2D eigenvalue weighted by molar-refractivity contribution is 7.59. The molecule has 0 bridgehead atoms. The lowest BCUT2D eigenvalue weighted by atomic mass is 9.87. The fraction of sp³-hybridized carbons (Fsp3) is 0.515. The second-order valence-corrected chi connectivity index (χ2v) is 15.0. The lowest BCUT2D eigenvalue weighted by molar-refractivity contribution is -0.134. The van der Waals surface area contributed by atoms with Gasteiger partial charge in [-0.2, -0.15) is 0 Å². The molecule has 2 aromatic carbocycles. The van der Waals surface area contributed by atoms with E-state index in [0.29, 0.717) is 25.7 Å². The number of benzene rings is 2. The third-order valence-corrected chi connectivity index (χ3v) is 11.0. The second kappa shape index (κ2) is 16.6. The number of alkyl carbamates (subject to hydrolysis) is 1. The van der Waals surface area contributed by atoms with E-state index >= 15 is 0 Å². The summed E-state index contributed by atoms with van der Waals surface area (Å²) in [4.78, 5) is 63.6. The normalized spacial score (nSPS) is 19.9. The largest absolute Gasteiger partial charge is 0.445 e. The third-order valence-electron chi connectivity index (χ3n) is 8.27. The van der Waals surface area contributed by atoms with Gasteiger partial charge in [-0.05, 0) is 35.8 Å². The Labute approximate surface area is 265 Å². The van der Waals surface area contributed by atoms with E-state index in [1.54, 1.807) is 64.1 Å². The summed E-state index contributed by atoms with van der Waals surface area (Å²) in [6, 6.07) is 16.2. The van der Waals surface area contributed by atoms with Crippen molar-refractivity contribution in [1.29, 1.82) is 0 Å². The highest BCUT2D eigenvalue weighted by Crippen LogP contribution is 2.57. The molecule has 6 atom stereocenters. The first-order chi connectivity index (χ1) is 21.3. The van der Waals surface area contributed by atoms with Gasteiger partial charge in [-0.1, -0.05) is 101 Å². The average molecular weight is 643 g/mol. The number of amides is 4. The number of primary amides is 1. The second-order valence-electron chi connectivity index (χ2n) is 12.4. The zero-order valence-corrected chi connectivity index (χ0v) is 27.4. The molecule has 4 amide bonds. The zero-order chi connectivity index (χ0) is 33.1. The quantitative estimate of drug-likeness (QED) is 0.193. The third kappa shape index (κ3) is 10.2. The Balaban J connectivity index is 1.82. The van der Waals surface area contributed by atoms with Crippen LogP contribution in [0.1, 0.15) is 64.5 Å². The van der Waals surface area contributed by atoms with E-state index in [1.165, 1.54) is 0 Å². The predicted molar refractivity (Wildman–Crippen MR) is 172 cm³/mol. The maximum Gasteiger partial charge on any atom is 0.408 e. The van der Waals surface area contributed by atoms with Crippen LogP contribution in [0.25, 0.3) is 0 Å². The molecule has 0 spiro atoms. The molecule has 0 radical (unpaired) electrons. The minimum absolute atomic E-state index is 0.0129. The first kappa shape index (κ1) is 35.8. The van der Waals surface area contributed by atoms with Gasteiger partial charge in [0.25, 0.3) is 0 Å². The number of nitrogens with one attached hydrogen (secondary N) is 3. The SMILES string of the molecule is CC(C)[C@H](NC(=O)[C@@H](NC(=O)C1CCCCC1P(=O)(O)C(Cc1ccccc1)NC(=O)OCc1ccccc1)C(C)C)C(N)=O. The Hall–Kier alpha value is -3.69. The van der Waals surface area contributed by atoms with E-state index in [1.807, 2.05) is 24.3 Å². The molecule has 12 heteroatoms. The van der Waals surface area contributed by atoms with Crippen molar-refractivity contribution in [1.82, 2.24) is 16.0 Å². The molecule has 0 saturated heterocycles. The van der Waals surface area contributed by atoms with Crippen molar-refractivity contribution in [2.45, 2.75) is 89.9 Å². The van der Waals surface area contributed by atoms with E-state index in [9.17, 15) is 28.6 Å². The monoisotopic (exact) mass is 642 g/mol. The molecule has 3 rings (SSSR count). The van der Waals surface area contributed by atoms with Crippen molar-refractivity contribution >= 4 is 31.2 Å². The van der Waals surface area contributed by atoms with E-state index in [2.05, 4.69) is 16.0 Å². The van der Waals surface area contributed by atoms with Gasteiger partial charge in [0.05, 0.1) is 0 Å². The van der Waals surface area contributed by atoms with Crippen LogP contribution in [0.3, 0.4) is 0 Å². The van der Waals surface area contributed by atoms with Crippen LogP contribution in [0.4, 0.5) is 4.79 Å². The standard InChI is InChI=1S/C33H47N4O7P/c1-21(2)28(30(34)38)36-32(40)29(22(3)4)37-31(39)25-17-11-12-18-26(25)45(42,43)27(19-23-13-7-5-8-14-23)35-33(41)44-20-24-15-9-6-10-16-24/h5-10,13-16,21-22,25-29H,11-12,17-20H2,1-4H3,(H2,34,38)(H,35,41)(H,36,40)(H,37,39)(H,42,43)/t25?,26?,27?,28-,29-/m0/s1. The summed E-state index contributed by atoms with van der Waals surface area (Å²) in [6.45, 7) is 7.01. The molecule has 246 valence electrons. The van der Waals surface area contributed by atoms with Crippen molar-refractivity contribution in [3.63, 3.8) is 0 Å². The van der Waals surface area contributed by atoms with Crippen LogP contribution < -0.4 is 21.7 Å². The Morgan fingerprint density at radius 3 is 1.96 bits per heavy atom. The topological polar surface area (TPSA) is 177 Å². The van der Waals surface area contributed by atoms with Gasteiger partial charge in [-0.25, -0.2) is 4.79 Å². The Kier molecular flexibility index (Phi) is 13.2. The summed E-state index contributed by atoms with van der Waals surface area (Å²) in [6.07, 6.45) is 1.17. The number of rotatable bonds is 14. The molecule has 1 fully saturated rings. The van der Waals surface area contributed by atoms with Gasteiger partial charge in [0.2, 0.25) is 25.1 Å². The summed E-state index contributed by atoms with van der Waals surface area (Å²) >= 11 is 0. The summed E-state index contributed by atoms with van der Waals surface area (Å²) in [7, 11) is -4.28. The van der Waals surface area contributed by atoms with Gasteiger partial charge >= 0.3 is 6.09 Å². The molecule has 0 aliphatic heterocycles. The number of nitrogens with two attached hydrogens (primary N) is 1. The van der Waals surface area contributed by atoms with Crippen LogP contribution in [0, 0.1) is 17.8 Å². The summed E-state index contributed by atoms with van der Waals surface area (Å²) in [5, 5.41) is 8.07. The molecule has 11 nitrogen and oxygen atoms in total. The minimum Gasteiger partial charge on any atom is -0.445 e. The maximum atomic E-state index is 14.4. The summed E-state index contributed by atoms with van der Waals surface area (Å²) in [5.74, 6) is -4.45. The van der Waals surface area contributed by atoms with Crippen LogP contribution in [0.2, 0.25) is 0 Å². The Morgan fingerprint density at radius 2 is 1.40 bits per heavy atom. The Bertz CT molecular complexity index is 1340. The average Bonchev–Trinajstić information content (AvgIpc) is 3.01. The number of ether oxygens (including phenoxy) is 1. The summed E-state index contributed by atoms with van der Waals surface area (Å²) < 4.78 is 19.8. The number of carbonyl (C=O) groups excluding carboxylic acids is 4. The molecule has 0 aromatic heterocycles. The fourth-order valence-corrected chi connectivity index (χ4v) is 8.29. The Morgan fingerprint density at radius 1 is 0.844 bits per heavy atom. The number of carbonyl (C=O) groups is 4. The van der Waals surface area contributed by atoms with Crippen LogP contribution >= 0.6 is 7.37 Å². The van der Waals surface area contributed by atoms with Crippen LogP contribution in [0.15, 0.2) is 60.7 Å². The molecule has 1 aliphatic carbocycles. The maximum absolute atomic E-state index is 14.4. The number of hydrogen-bond acceptors (Lipinski definition) is 6. The molecule has 1 aliphatic rings. The van der Waals surface area contributed by atoms with E-state index < -0.39 is 60.6 Å². The van der Waals surface area contributed by atoms with E-state index in [-0.39, 0.29) is 24.9 Å². The first-order valence-electron chi connectivity index (χ1n) is 15.5. The molecule has 2 aromatic rings. The molecular formula is C33H47N4O7P. The molecule has 45 heavy (non-hydrogen) atoms. The van der Waals surface area contributed by atoms with Crippen molar-refractivity contribution in [2.75, 3.05) is 0 Å². The fourth-order valence-electron chi connectivity index (χ4n) is 5.71. The lowest BCUT2D eigenvalue weighted by Gasteiger charge is -2.38. The highest BCUT2D eigenvalue weighted by Gasteiger charge is 2.48. The summed E-state index contributed by atoms with van der Waals surface area (Å²) in [5.41, 5.74) is 6.02. The smallest absolute Gasteiger partial charge is 0.408 e. The molecule has 6 N–H and O–H groups in total. The van der Waals surface area contributed by atoms with Gasteiger partial charge in [0, 0.05) is 18.0 Å². The van der Waals surface area contributed by atoms with Crippen molar-refractivity contribution in [2.24, 2.45) is 23.5 Å².